The average Bonchev–Trinajstić information content (AvgIpc) is 2.29. The molecule has 6 heteroatoms. The summed E-state index contributed by atoms with van der Waals surface area (Å²) >= 11 is 0. The number of aliphatic carboxylic acids is 1. The van der Waals surface area contributed by atoms with Gasteiger partial charge < -0.3 is 20.9 Å². The van der Waals surface area contributed by atoms with Gasteiger partial charge in [-0.15, -0.1) is 0 Å². The van der Waals surface area contributed by atoms with Gasteiger partial charge in [0.1, 0.15) is 0 Å². The maximum Gasteiger partial charge on any atom is 0.304 e. The van der Waals surface area contributed by atoms with E-state index in [1.54, 1.807) is 13.1 Å². The second-order valence-corrected chi connectivity index (χ2v) is 3.92. The SMILES string of the molecule is CNC(c1ccc(OC)c(F)c1)C(N)CC(=O)O. The zero-order valence-electron chi connectivity index (χ0n) is 10.3. The summed E-state index contributed by atoms with van der Waals surface area (Å²) in [4.78, 5) is 10.6. The molecule has 5 nitrogen and oxygen atoms in total. The molecule has 0 spiro atoms. The van der Waals surface area contributed by atoms with Crippen molar-refractivity contribution in [3.05, 3.63) is 29.6 Å². The number of nitrogens with one attached hydrogen (secondary N) is 1. The van der Waals surface area contributed by atoms with Crippen molar-refractivity contribution in [2.24, 2.45) is 5.73 Å². The van der Waals surface area contributed by atoms with Crippen LogP contribution < -0.4 is 15.8 Å². The Morgan fingerprint density at radius 3 is 2.72 bits per heavy atom. The summed E-state index contributed by atoms with van der Waals surface area (Å²) in [7, 11) is 3.03. The topological polar surface area (TPSA) is 84.6 Å². The molecule has 0 aliphatic rings. The first-order valence-electron chi connectivity index (χ1n) is 5.47. The Kier molecular flexibility index (Phi) is 5.06. The average molecular weight is 256 g/mol. The molecule has 0 fully saturated rings. The normalized spacial score (nSPS) is 14.0. The van der Waals surface area contributed by atoms with Crippen molar-refractivity contribution >= 4 is 5.97 Å². The molecule has 2 unspecified atom stereocenters. The van der Waals surface area contributed by atoms with Crippen LogP contribution in [0.2, 0.25) is 0 Å². The van der Waals surface area contributed by atoms with E-state index >= 15 is 0 Å². The molecule has 100 valence electrons. The molecule has 0 aliphatic heterocycles. The first-order chi connectivity index (χ1) is 8.49. The van der Waals surface area contributed by atoms with Crippen LogP contribution in [0.15, 0.2) is 18.2 Å². The summed E-state index contributed by atoms with van der Waals surface area (Å²) in [5.41, 5.74) is 6.37. The van der Waals surface area contributed by atoms with Gasteiger partial charge >= 0.3 is 5.97 Å². The van der Waals surface area contributed by atoms with Gasteiger partial charge in [-0.3, -0.25) is 4.79 Å². The van der Waals surface area contributed by atoms with E-state index in [2.05, 4.69) is 5.32 Å². The van der Waals surface area contributed by atoms with Gasteiger partial charge in [0.2, 0.25) is 0 Å². The van der Waals surface area contributed by atoms with Gasteiger partial charge in [-0.1, -0.05) is 6.07 Å². The Morgan fingerprint density at radius 2 is 2.28 bits per heavy atom. The van der Waals surface area contributed by atoms with E-state index in [-0.39, 0.29) is 12.2 Å². The maximum absolute atomic E-state index is 13.6. The van der Waals surface area contributed by atoms with Crippen molar-refractivity contribution in [1.29, 1.82) is 0 Å². The number of likely N-dealkylation sites (N-methyl/N-ethyl adjacent to an activating group) is 1. The Bertz CT molecular complexity index is 426. The quantitative estimate of drug-likeness (QED) is 0.704. The van der Waals surface area contributed by atoms with Crippen molar-refractivity contribution in [2.75, 3.05) is 14.2 Å². The second-order valence-electron chi connectivity index (χ2n) is 3.92. The van der Waals surface area contributed by atoms with Crippen LogP contribution in [-0.4, -0.2) is 31.3 Å². The fourth-order valence-corrected chi connectivity index (χ4v) is 1.82. The molecule has 0 saturated heterocycles. The minimum absolute atomic E-state index is 0.139. The van der Waals surface area contributed by atoms with Gasteiger partial charge in [-0.2, -0.15) is 0 Å². The molecule has 0 saturated carbocycles. The molecule has 1 aromatic carbocycles. The highest BCUT2D eigenvalue weighted by Crippen LogP contribution is 2.23. The van der Waals surface area contributed by atoms with E-state index in [1.165, 1.54) is 19.2 Å². The summed E-state index contributed by atoms with van der Waals surface area (Å²) in [5.74, 6) is -1.35. The fourth-order valence-electron chi connectivity index (χ4n) is 1.82. The van der Waals surface area contributed by atoms with E-state index in [0.29, 0.717) is 5.56 Å². The van der Waals surface area contributed by atoms with Crippen LogP contribution in [0.4, 0.5) is 4.39 Å². The third-order valence-electron chi connectivity index (χ3n) is 2.68. The Balaban J connectivity index is 2.94. The number of hydrogen-bond acceptors (Lipinski definition) is 4. The van der Waals surface area contributed by atoms with Crippen LogP contribution in [0.3, 0.4) is 0 Å². The van der Waals surface area contributed by atoms with Gasteiger partial charge in [0.05, 0.1) is 13.5 Å². The van der Waals surface area contributed by atoms with E-state index in [9.17, 15) is 9.18 Å². The van der Waals surface area contributed by atoms with Gasteiger partial charge in [0.15, 0.2) is 11.6 Å². The number of halogens is 1. The van der Waals surface area contributed by atoms with Crippen molar-refractivity contribution in [2.45, 2.75) is 18.5 Å². The molecule has 0 aliphatic carbocycles. The lowest BCUT2D eigenvalue weighted by molar-refractivity contribution is -0.137. The monoisotopic (exact) mass is 256 g/mol. The molecule has 0 amide bonds. The fraction of sp³-hybridized carbons (Fsp3) is 0.417. The van der Waals surface area contributed by atoms with Gasteiger partial charge in [-0.05, 0) is 24.7 Å². The number of ether oxygens (including phenoxy) is 1. The third kappa shape index (κ3) is 3.41. The number of hydrogen-bond donors (Lipinski definition) is 3. The van der Waals surface area contributed by atoms with Crippen LogP contribution in [0, 0.1) is 5.82 Å². The van der Waals surface area contributed by atoms with Crippen LogP contribution in [-0.2, 0) is 4.79 Å². The van der Waals surface area contributed by atoms with E-state index < -0.39 is 23.9 Å². The van der Waals surface area contributed by atoms with Gasteiger partial charge in [0, 0.05) is 12.1 Å². The Hall–Kier alpha value is -1.66. The van der Waals surface area contributed by atoms with Crippen molar-refractivity contribution in [3.8, 4) is 5.75 Å². The summed E-state index contributed by atoms with van der Waals surface area (Å²) in [6.45, 7) is 0. The number of benzene rings is 1. The lowest BCUT2D eigenvalue weighted by atomic mass is 9.97. The molecule has 2 atom stereocenters. The van der Waals surface area contributed by atoms with Crippen molar-refractivity contribution < 1.29 is 19.0 Å². The zero-order chi connectivity index (χ0) is 13.7. The van der Waals surface area contributed by atoms with Crippen LogP contribution in [0.1, 0.15) is 18.0 Å². The molecule has 1 rings (SSSR count). The number of rotatable bonds is 6. The zero-order valence-corrected chi connectivity index (χ0v) is 10.3. The maximum atomic E-state index is 13.6. The molecular weight excluding hydrogens is 239 g/mol. The van der Waals surface area contributed by atoms with E-state index in [4.69, 9.17) is 15.6 Å². The minimum Gasteiger partial charge on any atom is -0.494 e. The van der Waals surface area contributed by atoms with Crippen molar-refractivity contribution in [3.63, 3.8) is 0 Å². The highest BCUT2D eigenvalue weighted by atomic mass is 19.1. The van der Waals surface area contributed by atoms with Crippen molar-refractivity contribution in [1.82, 2.24) is 5.32 Å². The Morgan fingerprint density at radius 1 is 1.61 bits per heavy atom. The van der Waals surface area contributed by atoms with Gasteiger partial charge in [-0.25, -0.2) is 4.39 Å². The smallest absolute Gasteiger partial charge is 0.304 e. The Labute approximate surface area is 105 Å². The van der Waals surface area contributed by atoms with Crippen LogP contribution in [0.25, 0.3) is 0 Å². The van der Waals surface area contributed by atoms with Crippen LogP contribution >= 0.6 is 0 Å². The largest absolute Gasteiger partial charge is 0.494 e. The predicted octanol–water partition coefficient (Wildman–Crippen LogP) is 0.897. The molecule has 0 radical (unpaired) electrons. The minimum atomic E-state index is -0.989. The lowest BCUT2D eigenvalue weighted by Gasteiger charge is -2.23. The number of nitrogens with two attached hydrogens (primary N) is 1. The third-order valence-corrected chi connectivity index (χ3v) is 2.68. The summed E-state index contributed by atoms with van der Waals surface area (Å²) < 4.78 is 18.4. The lowest BCUT2D eigenvalue weighted by Crippen LogP contribution is -2.38. The van der Waals surface area contributed by atoms with E-state index in [1.807, 2.05) is 0 Å². The first-order valence-corrected chi connectivity index (χ1v) is 5.47. The standard InChI is InChI=1S/C12H17FN2O3/c1-15-12(9(14)6-11(16)17)7-3-4-10(18-2)8(13)5-7/h3-5,9,12,15H,6,14H2,1-2H3,(H,16,17). The van der Waals surface area contributed by atoms with Gasteiger partial charge in [0.25, 0.3) is 0 Å². The molecular formula is C12H17FN2O3. The molecule has 18 heavy (non-hydrogen) atoms. The molecule has 1 aromatic rings. The predicted molar refractivity (Wildman–Crippen MR) is 65.0 cm³/mol. The number of carbonyl (C=O) groups is 1. The molecule has 0 bridgehead atoms. The first kappa shape index (κ1) is 14.4. The summed E-state index contributed by atoms with van der Waals surface area (Å²) in [6, 6.07) is 3.37. The van der Waals surface area contributed by atoms with Crippen LogP contribution in [0.5, 0.6) is 5.75 Å². The number of carboxylic acid groups (broad SMARTS) is 1. The molecule has 0 heterocycles. The number of methoxy groups -OCH3 is 1. The highest BCUT2D eigenvalue weighted by Gasteiger charge is 2.21. The second kappa shape index (κ2) is 6.32. The molecule has 0 aromatic heterocycles. The van der Waals surface area contributed by atoms with E-state index in [0.717, 1.165) is 0 Å². The summed E-state index contributed by atoms with van der Waals surface area (Å²) in [6.07, 6.45) is -0.195. The summed E-state index contributed by atoms with van der Waals surface area (Å²) in [5, 5.41) is 11.6. The number of carboxylic acids is 1. The highest BCUT2D eigenvalue weighted by molar-refractivity contribution is 5.67. The molecule has 4 N–H and O–H groups in total.